The summed E-state index contributed by atoms with van der Waals surface area (Å²) in [7, 11) is 2.26. The third kappa shape index (κ3) is 3.30. The number of fused-ring (bicyclic) bond motifs is 1. The van der Waals surface area contributed by atoms with Crippen LogP contribution in [0, 0.1) is 25.2 Å². The van der Waals surface area contributed by atoms with Crippen LogP contribution in [0.3, 0.4) is 0 Å². The average molecular weight is 413 g/mol. The van der Waals surface area contributed by atoms with E-state index in [1.165, 1.54) is 25.1 Å². The van der Waals surface area contributed by atoms with Crippen LogP contribution in [-0.2, 0) is 6.54 Å². The van der Waals surface area contributed by atoms with Gasteiger partial charge in [-0.3, -0.25) is 4.90 Å². The summed E-state index contributed by atoms with van der Waals surface area (Å²) in [4.78, 5) is 5.01. The molecule has 2 aromatic carbocycles. The van der Waals surface area contributed by atoms with Gasteiger partial charge < -0.3 is 10.2 Å². The third-order valence-corrected chi connectivity index (χ3v) is 7.24. The van der Waals surface area contributed by atoms with Crippen molar-refractivity contribution in [3.8, 4) is 6.07 Å². The standard InChI is InChI=1S/C25H28N6/c1-17-19(13-26)6-4-7-20(17)14-27-24-23-12-21(8-9-22(23)18(2)28-29-24)31-15-25(16-31)10-5-11-30(25)3/h4,6-9,12H,5,10-11,14-16H2,1-3H3,(H,27,29). The maximum atomic E-state index is 9.30. The number of hydrogen-bond acceptors (Lipinski definition) is 6. The van der Waals surface area contributed by atoms with Crippen LogP contribution in [0.1, 0.15) is 35.2 Å². The van der Waals surface area contributed by atoms with Gasteiger partial charge in [-0.25, -0.2) is 0 Å². The van der Waals surface area contributed by atoms with Crippen LogP contribution in [0.15, 0.2) is 36.4 Å². The van der Waals surface area contributed by atoms with Crippen LogP contribution < -0.4 is 10.2 Å². The second-order valence-corrected chi connectivity index (χ2v) is 9.02. The van der Waals surface area contributed by atoms with Crippen LogP contribution in [0.25, 0.3) is 10.8 Å². The zero-order chi connectivity index (χ0) is 21.6. The molecule has 0 radical (unpaired) electrons. The molecule has 2 aliphatic heterocycles. The van der Waals surface area contributed by atoms with Crippen molar-refractivity contribution in [1.29, 1.82) is 5.26 Å². The van der Waals surface area contributed by atoms with Crippen LogP contribution >= 0.6 is 0 Å². The molecule has 6 nitrogen and oxygen atoms in total. The first kappa shape index (κ1) is 19.8. The maximum absolute atomic E-state index is 9.30. The smallest absolute Gasteiger partial charge is 0.156 e. The zero-order valence-electron chi connectivity index (χ0n) is 18.4. The number of anilines is 2. The number of likely N-dealkylation sites (tertiary alicyclic amines) is 1. The minimum atomic E-state index is 0.367. The SMILES string of the molecule is Cc1c(C#N)cccc1CNc1nnc(C)c2ccc(N3CC4(CCCN4C)C3)cc12. The molecule has 1 spiro atoms. The molecule has 0 atom stereocenters. The summed E-state index contributed by atoms with van der Waals surface area (Å²) in [5, 5.41) is 23.8. The van der Waals surface area contributed by atoms with Gasteiger partial charge in [-0.1, -0.05) is 18.2 Å². The molecule has 0 unspecified atom stereocenters. The number of nitriles is 1. The predicted octanol–water partition coefficient (Wildman–Crippen LogP) is 4.01. The molecule has 5 rings (SSSR count). The van der Waals surface area contributed by atoms with Gasteiger partial charge in [0.1, 0.15) is 0 Å². The van der Waals surface area contributed by atoms with E-state index in [0.29, 0.717) is 17.6 Å². The maximum Gasteiger partial charge on any atom is 0.156 e. The third-order valence-electron chi connectivity index (χ3n) is 7.24. The first-order valence-corrected chi connectivity index (χ1v) is 11.0. The van der Waals surface area contributed by atoms with Crippen LogP contribution in [0.4, 0.5) is 11.5 Å². The van der Waals surface area contributed by atoms with Gasteiger partial charge in [-0.2, -0.15) is 10.4 Å². The van der Waals surface area contributed by atoms with Gasteiger partial charge in [0.05, 0.1) is 22.9 Å². The lowest BCUT2D eigenvalue weighted by molar-refractivity contribution is 0.133. The van der Waals surface area contributed by atoms with Gasteiger partial charge in [0.15, 0.2) is 5.82 Å². The Morgan fingerprint density at radius 3 is 2.71 bits per heavy atom. The first-order chi connectivity index (χ1) is 15.0. The number of rotatable bonds is 4. The quantitative estimate of drug-likeness (QED) is 0.698. The van der Waals surface area contributed by atoms with E-state index >= 15 is 0 Å². The molecule has 0 bridgehead atoms. The van der Waals surface area contributed by atoms with Gasteiger partial charge in [-0.05, 0) is 69.6 Å². The molecule has 2 fully saturated rings. The summed E-state index contributed by atoms with van der Waals surface area (Å²) in [6, 6.07) is 14.7. The van der Waals surface area contributed by atoms with Crippen molar-refractivity contribution in [1.82, 2.24) is 15.1 Å². The second-order valence-electron chi connectivity index (χ2n) is 9.02. The lowest BCUT2D eigenvalue weighted by Gasteiger charge is -2.53. The Bertz CT molecular complexity index is 1190. The van der Waals surface area contributed by atoms with Crippen molar-refractivity contribution in [2.24, 2.45) is 0 Å². The molecular formula is C25H28N6. The Morgan fingerprint density at radius 1 is 1.13 bits per heavy atom. The lowest BCUT2D eigenvalue weighted by atomic mass is 9.86. The summed E-state index contributed by atoms with van der Waals surface area (Å²) in [6.07, 6.45) is 2.60. The summed E-state index contributed by atoms with van der Waals surface area (Å²) < 4.78 is 0. The monoisotopic (exact) mass is 412 g/mol. The molecular weight excluding hydrogens is 384 g/mol. The molecule has 6 heteroatoms. The van der Waals surface area contributed by atoms with Gasteiger partial charge in [0, 0.05) is 36.1 Å². The lowest BCUT2D eigenvalue weighted by Crippen LogP contribution is -2.67. The number of likely N-dealkylation sites (N-methyl/N-ethyl adjacent to an activating group) is 1. The number of aromatic nitrogens is 2. The highest BCUT2D eigenvalue weighted by Crippen LogP contribution is 2.40. The predicted molar refractivity (Wildman–Crippen MR) is 124 cm³/mol. The molecule has 1 N–H and O–H groups in total. The van der Waals surface area contributed by atoms with Crippen molar-refractivity contribution < 1.29 is 0 Å². The number of benzene rings is 2. The first-order valence-electron chi connectivity index (χ1n) is 11.0. The van der Waals surface area contributed by atoms with E-state index in [2.05, 4.69) is 62.7 Å². The van der Waals surface area contributed by atoms with Crippen molar-refractivity contribution in [2.45, 2.75) is 38.8 Å². The largest absolute Gasteiger partial charge is 0.368 e. The Morgan fingerprint density at radius 2 is 1.97 bits per heavy atom. The Labute approximate surface area is 183 Å². The van der Waals surface area contributed by atoms with Crippen molar-refractivity contribution in [3.63, 3.8) is 0 Å². The molecule has 0 saturated carbocycles. The number of hydrogen-bond donors (Lipinski definition) is 1. The topological polar surface area (TPSA) is 68.1 Å². The zero-order valence-corrected chi connectivity index (χ0v) is 18.4. The molecule has 3 aromatic rings. The fourth-order valence-electron chi connectivity index (χ4n) is 5.10. The number of aryl methyl sites for hydroxylation is 1. The van der Waals surface area contributed by atoms with Crippen molar-refractivity contribution in [3.05, 3.63) is 58.8 Å². The molecule has 158 valence electrons. The highest BCUT2D eigenvalue weighted by Gasteiger charge is 2.48. The summed E-state index contributed by atoms with van der Waals surface area (Å²) >= 11 is 0. The number of nitrogens with one attached hydrogen (secondary N) is 1. The molecule has 1 aromatic heterocycles. The van der Waals surface area contributed by atoms with Crippen LogP contribution in [-0.4, -0.2) is 47.3 Å². The van der Waals surface area contributed by atoms with Gasteiger partial charge in [0.2, 0.25) is 0 Å². The molecule has 0 aliphatic carbocycles. The van der Waals surface area contributed by atoms with Gasteiger partial charge in [0.25, 0.3) is 0 Å². The van der Waals surface area contributed by atoms with Crippen LogP contribution in [0.2, 0.25) is 0 Å². The highest BCUT2D eigenvalue weighted by molar-refractivity contribution is 5.95. The average Bonchev–Trinajstić information content (AvgIpc) is 3.14. The van der Waals surface area contributed by atoms with E-state index in [9.17, 15) is 5.26 Å². The minimum Gasteiger partial charge on any atom is -0.368 e. The molecule has 0 amide bonds. The Kier molecular flexibility index (Phi) is 4.79. The fraction of sp³-hybridized carbons (Fsp3) is 0.400. The van der Waals surface area contributed by atoms with E-state index in [1.807, 2.05) is 26.0 Å². The molecule has 2 aliphatic rings. The molecule has 3 heterocycles. The van der Waals surface area contributed by atoms with Crippen LogP contribution in [0.5, 0.6) is 0 Å². The van der Waals surface area contributed by atoms with Gasteiger partial charge >= 0.3 is 0 Å². The summed E-state index contributed by atoms with van der Waals surface area (Å²) in [5.41, 5.74) is 5.37. The van der Waals surface area contributed by atoms with E-state index in [0.717, 1.165) is 46.5 Å². The van der Waals surface area contributed by atoms with Crippen molar-refractivity contribution >= 4 is 22.3 Å². The van der Waals surface area contributed by atoms with E-state index in [4.69, 9.17) is 0 Å². The Balaban J connectivity index is 1.42. The van der Waals surface area contributed by atoms with E-state index < -0.39 is 0 Å². The Hall–Kier alpha value is -3.17. The van der Waals surface area contributed by atoms with Gasteiger partial charge in [-0.15, -0.1) is 5.10 Å². The fourth-order valence-corrected chi connectivity index (χ4v) is 5.10. The second kappa shape index (κ2) is 7.51. The normalized spacial score (nSPS) is 17.7. The number of nitrogens with zero attached hydrogens (tertiary/aromatic N) is 5. The summed E-state index contributed by atoms with van der Waals surface area (Å²) in [6.45, 7) is 8.00. The molecule has 2 saturated heterocycles. The minimum absolute atomic E-state index is 0.367. The van der Waals surface area contributed by atoms with E-state index in [1.54, 1.807) is 0 Å². The van der Waals surface area contributed by atoms with E-state index in [-0.39, 0.29) is 0 Å². The molecule has 31 heavy (non-hydrogen) atoms. The highest BCUT2D eigenvalue weighted by atomic mass is 15.4. The summed E-state index contributed by atoms with van der Waals surface area (Å²) in [5.74, 6) is 0.789. The van der Waals surface area contributed by atoms with Crippen molar-refractivity contribution in [2.75, 3.05) is 36.9 Å².